The fourth-order valence-corrected chi connectivity index (χ4v) is 2.20. The number of hydrogen-bond acceptors (Lipinski definition) is 3. The molecule has 4 heteroatoms. The van der Waals surface area contributed by atoms with Gasteiger partial charge < -0.3 is 0 Å². The molecule has 2 rings (SSSR count). The second-order valence-electron chi connectivity index (χ2n) is 4.45. The maximum atomic E-state index is 13.2. The van der Waals surface area contributed by atoms with E-state index in [0.717, 1.165) is 23.2 Å². The Morgan fingerprint density at radius 1 is 1.32 bits per heavy atom. The van der Waals surface area contributed by atoms with Gasteiger partial charge in [0.2, 0.25) is 0 Å². The Hall–Kier alpha value is -1.78. The number of rotatable bonds is 5. The van der Waals surface area contributed by atoms with Crippen LogP contribution in [0.2, 0.25) is 0 Å². The van der Waals surface area contributed by atoms with Crippen LogP contribution in [0, 0.1) is 5.82 Å². The summed E-state index contributed by atoms with van der Waals surface area (Å²) < 4.78 is 13.2. The van der Waals surface area contributed by atoms with E-state index in [1.165, 1.54) is 12.1 Å². The summed E-state index contributed by atoms with van der Waals surface area (Å²) in [5.74, 6) is 5.40. The van der Waals surface area contributed by atoms with E-state index in [2.05, 4.69) is 17.3 Å². The number of nitrogens with zero attached hydrogens (tertiary/aromatic N) is 1. The molecule has 3 N–H and O–H groups in total. The molecule has 0 saturated heterocycles. The monoisotopic (exact) mass is 259 g/mol. The molecule has 0 aliphatic carbocycles. The van der Waals surface area contributed by atoms with Crippen molar-refractivity contribution in [2.75, 3.05) is 0 Å². The van der Waals surface area contributed by atoms with Crippen molar-refractivity contribution in [3.63, 3.8) is 0 Å². The second kappa shape index (κ2) is 6.41. The lowest BCUT2D eigenvalue weighted by Gasteiger charge is -2.18. The largest absolute Gasteiger partial charge is 0.271 e. The number of benzene rings is 1. The third-order valence-electron chi connectivity index (χ3n) is 3.17. The highest BCUT2D eigenvalue weighted by atomic mass is 19.1. The Labute approximate surface area is 112 Å². The number of aryl methyl sites for hydroxylation is 1. The molecule has 0 aliphatic heterocycles. The fraction of sp³-hybridized carbons (Fsp3) is 0.267. The van der Waals surface area contributed by atoms with Crippen LogP contribution >= 0.6 is 0 Å². The molecule has 0 saturated carbocycles. The van der Waals surface area contributed by atoms with E-state index < -0.39 is 0 Å². The number of aromatic nitrogens is 1. The predicted octanol–water partition coefficient (Wildman–Crippen LogP) is 2.53. The van der Waals surface area contributed by atoms with Crippen LogP contribution in [0.4, 0.5) is 4.39 Å². The second-order valence-corrected chi connectivity index (χ2v) is 4.45. The van der Waals surface area contributed by atoms with Gasteiger partial charge in [0.1, 0.15) is 5.82 Å². The van der Waals surface area contributed by atoms with Gasteiger partial charge in [0.25, 0.3) is 0 Å². The Morgan fingerprint density at radius 3 is 2.84 bits per heavy atom. The normalized spacial score (nSPS) is 12.4. The van der Waals surface area contributed by atoms with Gasteiger partial charge in [0.15, 0.2) is 0 Å². The van der Waals surface area contributed by atoms with Gasteiger partial charge >= 0.3 is 0 Å². The lowest BCUT2D eigenvalue weighted by Crippen LogP contribution is -2.31. The molecule has 1 heterocycles. The van der Waals surface area contributed by atoms with Crippen molar-refractivity contribution in [2.45, 2.75) is 25.8 Å². The zero-order valence-electron chi connectivity index (χ0n) is 10.9. The van der Waals surface area contributed by atoms with Crippen LogP contribution in [0.5, 0.6) is 0 Å². The summed E-state index contributed by atoms with van der Waals surface area (Å²) in [7, 11) is 0. The van der Waals surface area contributed by atoms with Crippen LogP contribution in [0.15, 0.2) is 42.6 Å². The van der Waals surface area contributed by atoms with Crippen molar-refractivity contribution in [2.24, 2.45) is 5.84 Å². The van der Waals surface area contributed by atoms with Crippen molar-refractivity contribution in [3.8, 4) is 0 Å². The van der Waals surface area contributed by atoms with Crippen molar-refractivity contribution in [1.29, 1.82) is 0 Å². The summed E-state index contributed by atoms with van der Waals surface area (Å²) in [5, 5.41) is 0. The first kappa shape index (κ1) is 13.6. The molecule has 0 amide bonds. The number of pyridine rings is 1. The first-order valence-electron chi connectivity index (χ1n) is 6.39. The Kier molecular flexibility index (Phi) is 4.60. The van der Waals surface area contributed by atoms with Crippen molar-refractivity contribution < 1.29 is 4.39 Å². The molecular weight excluding hydrogens is 241 g/mol. The van der Waals surface area contributed by atoms with Crippen molar-refractivity contribution in [1.82, 2.24) is 10.4 Å². The lowest BCUT2D eigenvalue weighted by molar-refractivity contribution is 0.531. The number of nitrogens with one attached hydrogen (secondary N) is 1. The smallest absolute Gasteiger partial charge is 0.123 e. The SMILES string of the molecule is CCc1cccnc1C(Cc1cccc(F)c1)NN. The minimum Gasteiger partial charge on any atom is -0.271 e. The quantitative estimate of drug-likeness (QED) is 0.641. The number of hydrazine groups is 1. The third-order valence-corrected chi connectivity index (χ3v) is 3.17. The molecule has 2 aromatic rings. The van der Waals surface area contributed by atoms with Crippen LogP contribution in [-0.4, -0.2) is 4.98 Å². The number of halogens is 1. The molecule has 0 radical (unpaired) electrons. The van der Waals surface area contributed by atoms with E-state index >= 15 is 0 Å². The van der Waals surface area contributed by atoms with Gasteiger partial charge in [-0.1, -0.05) is 25.1 Å². The molecule has 1 aromatic carbocycles. The molecule has 0 fully saturated rings. The minimum absolute atomic E-state index is 0.113. The predicted molar refractivity (Wildman–Crippen MR) is 73.8 cm³/mol. The summed E-state index contributed by atoms with van der Waals surface area (Å²) in [6.45, 7) is 2.08. The van der Waals surface area contributed by atoms with E-state index in [-0.39, 0.29) is 11.9 Å². The van der Waals surface area contributed by atoms with Gasteiger partial charge in [0, 0.05) is 6.20 Å². The van der Waals surface area contributed by atoms with Gasteiger partial charge in [-0.3, -0.25) is 16.3 Å². The maximum Gasteiger partial charge on any atom is 0.123 e. The minimum atomic E-state index is -0.231. The molecule has 1 unspecified atom stereocenters. The Balaban J connectivity index is 2.25. The highest BCUT2D eigenvalue weighted by Crippen LogP contribution is 2.20. The van der Waals surface area contributed by atoms with E-state index in [1.54, 1.807) is 12.3 Å². The van der Waals surface area contributed by atoms with Gasteiger partial charge in [-0.05, 0) is 42.2 Å². The summed E-state index contributed by atoms with van der Waals surface area (Å²) in [6, 6.07) is 10.4. The zero-order chi connectivity index (χ0) is 13.7. The van der Waals surface area contributed by atoms with Gasteiger partial charge in [-0.25, -0.2) is 4.39 Å². The number of nitrogens with two attached hydrogens (primary N) is 1. The van der Waals surface area contributed by atoms with Gasteiger partial charge in [-0.15, -0.1) is 0 Å². The summed E-state index contributed by atoms with van der Waals surface area (Å²) in [4.78, 5) is 4.40. The molecule has 0 bridgehead atoms. The van der Waals surface area contributed by atoms with Crippen LogP contribution in [0.25, 0.3) is 0 Å². The lowest BCUT2D eigenvalue weighted by atomic mass is 9.99. The maximum absolute atomic E-state index is 13.2. The van der Waals surface area contributed by atoms with Gasteiger partial charge in [-0.2, -0.15) is 0 Å². The average Bonchev–Trinajstić information content (AvgIpc) is 2.45. The Morgan fingerprint density at radius 2 is 2.16 bits per heavy atom. The number of hydrogen-bond donors (Lipinski definition) is 2. The first-order valence-corrected chi connectivity index (χ1v) is 6.39. The van der Waals surface area contributed by atoms with E-state index in [0.29, 0.717) is 6.42 Å². The molecule has 1 aromatic heterocycles. The first-order chi connectivity index (χ1) is 9.24. The van der Waals surface area contributed by atoms with Crippen molar-refractivity contribution in [3.05, 3.63) is 65.2 Å². The molecule has 19 heavy (non-hydrogen) atoms. The van der Waals surface area contributed by atoms with E-state index in [9.17, 15) is 4.39 Å². The molecule has 1 atom stereocenters. The standard InChI is InChI=1S/C15H18FN3/c1-2-12-6-4-8-18-15(12)14(19-17)10-11-5-3-7-13(16)9-11/h3-9,14,19H,2,10,17H2,1H3. The average molecular weight is 259 g/mol. The van der Waals surface area contributed by atoms with Crippen LogP contribution < -0.4 is 11.3 Å². The van der Waals surface area contributed by atoms with Crippen LogP contribution in [0.3, 0.4) is 0 Å². The van der Waals surface area contributed by atoms with Gasteiger partial charge in [0.05, 0.1) is 11.7 Å². The molecule has 3 nitrogen and oxygen atoms in total. The van der Waals surface area contributed by atoms with Crippen molar-refractivity contribution >= 4 is 0 Å². The van der Waals surface area contributed by atoms with E-state index in [4.69, 9.17) is 5.84 Å². The molecule has 0 aliphatic rings. The summed E-state index contributed by atoms with van der Waals surface area (Å²) in [6.07, 6.45) is 3.26. The van der Waals surface area contributed by atoms with Crippen LogP contribution in [-0.2, 0) is 12.8 Å². The highest BCUT2D eigenvalue weighted by molar-refractivity contribution is 5.26. The third kappa shape index (κ3) is 3.36. The topological polar surface area (TPSA) is 50.9 Å². The van der Waals surface area contributed by atoms with E-state index in [1.807, 2.05) is 18.2 Å². The van der Waals surface area contributed by atoms with Crippen LogP contribution in [0.1, 0.15) is 29.8 Å². The molecule has 100 valence electrons. The molecule has 0 spiro atoms. The summed E-state index contributed by atoms with van der Waals surface area (Å²) >= 11 is 0. The zero-order valence-corrected chi connectivity index (χ0v) is 10.9. The Bertz CT molecular complexity index is 542. The fourth-order valence-electron chi connectivity index (χ4n) is 2.20. The molecular formula is C15H18FN3. The summed E-state index contributed by atoms with van der Waals surface area (Å²) in [5.41, 5.74) is 5.76. The highest BCUT2D eigenvalue weighted by Gasteiger charge is 2.15.